The van der Waals surface area contributed by atoms with E-state index in [1.807, 2.05) is 0 Å². The summed E-state index contributed by atoms with van der Waals surface area (Å²) in [4.78, 5) is 2.54. The summed E-state index contributed by atoms with van der Waals surface area (Å²) in [5.74, 6) is 0.339. The lowest BCUT2D eigenvalue weighted by Crippen LogP contribution is -2.42. The molecule has 1 aliphatic heterocycles. The summed E-state index contributed by atoms with van der Waals surface area (Å²) in [6.07, 6.45) is 4.58. The topological polar surface area (TPSA) is 32.7 Å². The number of aliphatic hydroxyl groups is 1. The van der Waals surface area contributed by atoms with Gasteiger partial charge in [-0.3, -0.25) is 4.90 Å². The molecule has 2 atom stereocenters. The highest BCUT2D eigenvalue weighted by Crippen LogP contribution is 2.29. The zero-order valence-electron chi connectivity index (χ0n) is 9.69. The van der Waals surface area contributed by atoms with Gasteiger partial charge >= 0.3 is 0 Å². The lowest BCUT2D eigenvalue weighted by molar-refractivity contribution is -0.0473. The minimum atomic E-state index is -0.142. The summed E-state index contributed by atoms with van der Waals surface area (Å²) in [6, 6.07) is 0.805. The lowest BCUT2D eigenvalue weighted by Gasteiger charge is -2.32. The van der Waals surface area contributed by atoms with Crippen LogP contribution in [0.5, 0.6) is 0 Å². The second kappa shape index (κ2) is 5.28. The third kappa shape index (κ3) is 3.16. The van der Waals surface area contributed by atoms with Crippen LogP contribution in [0, 0.1) is 5.92 Å². The summed E-state index contributed by atoms with van der Waals surface area (Å²) >= 11 is 0. The molecule has 1 aliphatic carbocycles. The molecule has 0 aromatic rings. The first kappa shape index (κ1) is 11.4. The molecule has 3 heteroatoms. The van der Waals surface area contributed by atoms with Crippen LogP contribution >= 0.6 is 0 Å². The van der Waals surface area contributed by atoms with Gasteiger partial charge in [0.25, 0.3) is 0 Å². The number of aliphatic hydroxyl groups excluding tert-OH is 1. The van der Waals surface area contributed by atoms with Crippen molar-refractivity contribution in [2.75, 3.05) is 26.3 Å². The molecule has 88 valence electrons. The highest BCUT2D eigenvalue weighted by Gasteiger charge is 2.32. The normalized spacial score (nSPS) is 32.2. The predicted molar refractivity (Wildman–Crippen MR) is 59.8 cm³/mol. The highest BCUT2D eigenvalue weighted by molar-refractivity contribution is 4.87. The first-order chi connectivity index (χ1) is 7.31. The Labute approximate surface area is 92.4 Å². The Morgan fingerprint density at radius 2 is 2.13 bits per heavy atom. The average molecular weight is 213 g/mol. The number of hydrogen-bond acceptors (Lipinski definition) is 3. The summed E-state index contributed by atoms with van der Waals surface area (Å²) in [7, 11) is 0. The van der Waals surface area contributed by atoms with Gasteiger partial charge in [-0.05, 0) is 32.2 Å². The monoisotopic (exact) mass is 213 g/mol. The van der Waals surface area contributed by atoms with Crippen molar-refractivity contribution in [1.82, 2.24) is 4.90 Å². The van der Waals surface area contributed by atoms with E-state index < -0.39 is 0 Å². The molecule has 0 radical (unpaired) electrons. The molecule has 2 fully saturated rings. The molecule has 0 aromatic heterocycles. The number of ether oxygens (including phenoxy) is 1. The molecule has 0 aromatic carbocycles. The first-order valence-corrected chi connectivity index (χ1v) is 6.31. The molecule has 0 bridgehead atoms. The fraction of sp³-hybridized carbons (Fsp3) is 1.00. The molecule has 0 spiro atoms. The smallest absolute Gasteiger partial charge is 0.0624 e. The molecular formula is C12H23NO2. The van der Waals surface area contributed by atoms with Crippen molar-refractivity contribution >= 4 is 0 Å². The second-order valence-corrected chi connectivity index (χ2v) is 4.92. The maximum absolute atomic E-state index is 9.88. The van der Waals surface area contributed by atoms with Crippen molar-refractivity contribution in [1.29, 1.82) is 0 Å². The van der Waals surface area contributed by atoms with Crippen molar-refractivity contribution in [3.63, 3.8) is 0 Å². The molecule has 1 saturated heterocycles. The minimum absolute atomic E-state index is 0.142. The standard InChI is InChI=1S/C12H23NO2/c1-2-6-13(11-3-4-11)8-10-9-15-7-5-12(10)14/h10-12,14H,2-9H2,1H3. The van der Waals surface area contributed by atoms with E-state index in [1.165, 1.54) is 25.8 Å². The van der Waals surface area contributed by atoms with Crippen molar-refractivity contribution in [3.8, 4) is 0 Å². The maximum Gasteiger partial charge on any atom is 0.0624 e. The molecule has 2 rings (SSSR count). The van der Waals surface area contributed by atoms with Crippen LogP contribution in [0.25, 0.3) is 0 Å². The minimum Gasteiger partial charge on any atom is -0.393 e. The number of hydrogen-bond donors (Lipinski definition) is 1. The number of nitrogens with zero attached hydrogens (tertiary/aromatic N) is 1. The van der Waals surface area contributed by atoms with Crippen LogP contribution in [-0.2, 0) is 4.74 Å². The molecule has 1 heterocycles. The van der Waals surface area contributed by atoms with E-state index in [-0.39, 0.29) is 6.10 Å². The van der Waals surface area contributed by atoms with Crippen molar-refractivity contribution < 1.29 is 9.84 Å². The largest absolute Gasteiger partial charge is 0.393 e. The van der Waals surface area contributed by atoms with Gasteiger partial charge in [0.1, 0.15) is 0 Å². The van der Waals surface area contributed by atoms with Crippen LogP contribution in [0.2, 0.25) is 0 Å². The summed E-state index contributed by atoms with van der Waals surface area (Å²) in [6.45, 7) is 5.90. The Hall–Kier alpha value is -0.120. The fourth-order valence-corrected chi connectivity index (χ4v) is 2.41. The van der Waals surface area contributed by atoms with Crippen LogP contribution < -0.4 is 0 Å². The molecule has 3 nitrogen and oxygen atoms in total. The molecule has 0 amide bonds. The van der Waals surface area contributed by atoms with E-state index in [0.29, 0.717) is 5.92 Å². The zero-order valence-corrected chi connectivity index (χ0v) is 9.69. The van der Waals surface area contributed by atoms with E-state index in [1.54, 1.807) is 0 Å². The van der Waals surface area contributed by atoms with Gasteiger partial charge in [0, 0.05) is 25.1 Å². The average Bonchev–Trinajstić information content (AvgIpc) is 3.04. The Kier molecular flexibility index (Phi) is 4.00. The van der Waals surface area contributed by atoms with Gasteiger partial charge in [-0.15, -0.1) is 0 Å². The van der Waals surface area contributed by atoms with Crippen molar-refractivity contribution in [3.05, 3.63) is 0 Å². The molecule has 1 saturated carbocycles. The van der Waals surface area contributed by atoms with E-state index >= 15 is 0 Å². The summed E-state index contributed by atoms with van der Waals surface area (Å²) in [5, 5.41) is 9.88. The summed E-state index contributed by atoms with van der Waals surface area (Å²) in [5.41, 5.74) is 0. The van der Waals surface area contributed by atoms with Crippen LogP contribution in [0.4, 0.5) is 0 Å². The molecule has 1 N–H and O–H groups in total. The Bertz CT molecular complexity index is 192. The van der Waals surface area contributed by atoms with Gasteiger partial charge in [-0.2, -0.15) is 0 Å². The third-order valence-electron chi connectivity index (χ3n) is 3.48. The van der Waals surface area contributed by atoms with Gasteiger partial charge < -0.3 is 9.84 Å². The Morgan fingerprint density at radius 3 is 2.73 bits per heavy atom. The van der Waals surface area contributed by atoms with Crippen LogP contribution in [0.3, 0.4) is 0 Å². The van der Waals surface area contributed by atoms with Crippen molar-refractivity contribution in [2.45, 2.75) is 44.8 Å². The van der Waals surface area contributed by atoms with Crippen LogP contribution in [-0.4, -0.2) is 48.5 Å². The second-order valence-electron chi connectivity index (χ2n) is 4.92. The third-order valence-corrected chi connectivity index (χ3v) is 3.48. The molecule has 2 aliphatic rings. The van der Waals surface area contributed by atoms with Crippen LogP contribution in [0.15, 0.2) is 0 Å². The lowest BCUT2D eigenvalue weighted by atomic mass is 9.98. The summed E-state index contributed by atoms with van der Waals surface area (Å²) < 4.78 is 5.45. The van der Waals surface area contributed by atoms with Crippen LogP contribution in [0.1, 0.15) is 32.6 Å². The Balaban J connectivity index is 1.81. The Morgan fingerprint density at radius 1 is 1.33 bits per heavy atom. The predicted octanol–water partition coefficient (Wildman–Crippen LogP) is 1.26. The van der Waals surface area contributed by atoms with E-state index in [4.69, 9.17) is 4.74 Å². The first-order valence-electron chi connectivity index (χ1n) is 6.31. The van der Waals surface area contributed by atoms with E-state index in [0.717, 1.165) is 32.2 Å². The van der Waals surface area contributed by atoms with Gasteiger partial charge in [0.15, 0.2) is 0 Å². The maximum atomic E-state index is 9.88. The molecule has 2 unspecified atom stereocenters. The quantitative estimate of drug-likeness (QED) is 0.746. The molecular weight excluding hydrogens is 190 g/mol. The molecule has 15 heavy (non-hydrogen) atoms. The zero-order chi connectivity index (χ0) is 10.7. The number of rotatable bonds is 5. The van der Waals surface area contributed by atoms with E-state index in [9.17, 15) is 5.11 Å². The van der Waals surface area contributed by atoms with Gasteiger partial charge in [-0.25, -0.2) is 0 Å². The van der Waals surface area contributed by atoms with Gasteiger partial charge in [0.05, 0.1) is 12.7 Å². The van der Waals surface area contributed by atoms with E-state index in [2.05, 4.69) is 11.8 Å². The van der Waals surface area contributed by atoms with Crippen molar-refractivity contribution in [2.24, 2.45) is 5.92 Å². The highest BCUT2D eigenvalue weighted by atomic mass is 16.5. The SMILES string of the molecule is CCCN(CC1COCCC1O)C1CC1. The van der Waals surface area contributed by atoms with Gasteiger partial charge in [-0.1, -0.05) is 6.92 Å². The van der Waals surface area contributed by atoms with Gasteiger partial charge in [0.2, 0.25) is 0 Å². The fourth-order valence-electron chi connectivity index (χ4n) is 2.41.